The van der Waals surface area contributed by atoms with Crippen molar-refractivity contribution in [1.29, 1.82) is 0 Å². The smallest absolute Gasteiger partial charge is 0.237 e. The van der Waals surface area contributed by atoms with E-state index in [1.165, 1.54) is 6.92 Å². The van der Waals surface area contributed by atoms with Gasteiger partial charge in [-0.25, -0.2) is 0 Å². The zero-order valence-electron chi connectivity index (χ0n) is 11.6. The van der Waals surface area contributed by atoms with Gasteiger partial charge in [0.1, 0.15) is 0 Å². The third-order valence-electron chi connectivity index (χ3n) is 2.76. The predicted octanol–water partition coefficient (Wildman–Crippen LogP) is 1.24. The van der Waals surface area contributed by atoms with Gasteiger partial charge in [-0.05, 0) is 23.6 Å². The molecule has 5 nitrogen and oxygen atoms in total. The van der Waals surface area contributed by atoms with Gasteiger partial charge in [-0.1, -0.05) is 26.0 Å². The average molecular weight is 263 g/mol. The maximum atomic E-state index is 11.7. The number of hydrogen-bond donors (Lipinski definition) is 3. The van der Waals surface area contributed by atoms with E-state index in [-0.39, 0.29) is 17.7 Å². The maximum absolute atomic E-state index is 11.7. The first-order chi connectivity index (χ1) is 8.90. The topological polar surface area (TPSA) is 84.2 Å². The summed E-state index contributed by atoms with van der Waals surface area (Å²) in [4.78, 5) is 22.5. The van der Waals surface area contributed by atoms with Crippen LogP contribution in [0.3, 0.4) is 0 Å². The van der Waals surface area contributed by atoms with Gasteiger partial charge in [-0.15, -0.1) is 0 Å². The van der Waals surface area contributed by atoms with E-state index >= 15 is 0 Å². The first-order valence-electron chi connectivity index (χ1n) is 6.30. The highest BCUT2D eigenvalue weighted by Gasteiger charge is 2.16. The molecule has 2 amide bonds. The normalized spacial score (nSPS) is 12.1. The van der Waals surface area contributed by atoms with Crippen molar-refractivity contribution in [2.24, 2.45) is 11.7 Å². The largest absolute Gasteiger partial charge is 0.351 e. The summed E-state index contributed by atoms with van der Waals surface area (Å²) < 4.78 is 0. The van der Waals surface area contributed by atoms with Crippen LogP contribution in [0.1, 0.15) is 26.3 Å². The summed E-state index contributed by atoms with van der Waals surface area (Å²) in [6, 6.07) is 6.81. The Labute approximate surface area is 113 Å². The van der Waals surface area contributed by atoms with Crippen molar-refractivity contribution in [3.05, 3.63) is 29.8 Å². The lowest BCUT2D eigenvalue weighted by Gasteiger charge is -2.15. The van der Waals surface area contributed by atoms with E-state index in [4.69, 9.17) is 5.73 Å². The van der Waals surface area contributed by atoms with Gasteiger partial charge in [0.2, 0.25) is 11.8 Å². The molecule has 1 unspecified atom stereocenters. The molecule has 1 rings (SSSR count). The molecule has 0 bridgehead atoms. The lowest BCUT2D eigenvalue weighted by molar-refractivity contribution is -0.123. The number of benzene rings is 1. The Morgan fingerprint density at radius 2 is 1.79 bits per heavy atom. The molecule has 0 spiro atoms. The second-order valence-electron chi connectivity index (χ2n) is 4.87. The molecule has 104 valence electrons. The van der Waals surface area contributed by atoms with Crippen molar-refractivity contribution in [2.45, 2.75) is 33.4 Å². The molecule has 19 heavy (non-hydrogen) atoms. The molecule has 4 N–H and O–H groups in total. The number of anilines is 1. The number of amides is 2. The van der Waals surface area contributed by atoms with Gasteiger partial charge >= 0.3 is 0 Å². The van der Waals surface area contributed by atoms with E-state index in [1.54, 1.807) is 12.1 Å². The predicted molar refractivity (Wildman–Crippen MR) is 75.4 cm³/mol. The summed E-state index contributed by atoms with van der Waals surface area (Å²) in [6.45, 7) is 5.71. The van der Waals surface area contributed by atoms with Gasteiger partial charge in [0, 0.05) is 19.2 Å². The first-order valence-corrected chi connectivity index (χ1v) is 6.30. The fourth-order valence-corrected chi connectivity index (χ4v) is 1.52. The van der Waals surface area contributed by atoms with E-state index < -0.39 is 6.04 Å². The Bertz CT molecular complexity index is 441. The second-order valence-corrected chi connectivity index (χ2v) is 4.87. The van der Waals surface area contributed by atoms with Gasteiger partial charge in [0.25, 0.3) is 0 Å². The molecule has 0 saturated heterocycles. The lowest BCUT2D eigenvalue weighted by Crippen LogP contribution is -2.43. The van der Waals surface area contributed by atoms with Crippen LogP contribution in [0.5, 0.6) is 0 Å². The highest BCUT2D eigenvalue weighted by molar-refractivity contribution is 5.88. The number of hydrogen-bond acceptors (Lipinski definition) is 3. The number of carbonyl (C=O) groups is 2. The minimum Gasteiger partial charge on any atom is -0.351 e. The van der Waals surface area contributed by atoms with Gasteiger partial charge in [-0.3, -0.25) is 9.59 Å². The van der Waals surface area contributed by atoms with E-state index in [2.05, 4.69) is 10.6 Å². The highest BCUT2D eigenvalue weighted by Crippen LogP contribution is 2.09. The van der Waals surface area contributed by atoms with Crippen LogP contribution in [0.4, 0.5) is 5.69 Å². The van der Waals surface area contributed by atoms with Crippen LogP contribution in [0.2, 0.25) is 0 Å². The molecule has 0 saturated carbocycles. The number of carbonyl (C=O) groups excluding carboxylic acids is 2. The summed E-state index contributed by atoms with van der Waals surface area (Å²) in [5.74, 6) is -0.146. The van der Waals surface area contributed by atoms with E-state index in [0.29, 0.717) is 6.54 Å². The third-order valence-corrected chi connectivity index (χ3v) is 2.76. The molecule has 0 fully saturated rings. The Kier molecular flexibility index (Phi) is 5.51. The number of nitrogens with one attached hydrogen (secondary N) is 2. The van der Waals surface area contributed by atoms with Gasteiger partial charge in [-0.2, -0.15) is 0 Å². The van der Waals surface area contributed by atoms with E-state index in [9.17, 15) is 9.59 Å². The monoisotopic (exact) mass is 263 g/mol. The van der Waals surface area contributed by atoms with E-state index in [1.807, 2.05) is 26.0 Å². The van der Waals surface area contributed by atoms with Gasteiger partial charge in [0.05, 0.1) is 6.04 Å². The summed E-state index contributed by atoms with van der Waals surface area (Å²) in [7, 11) is 0. The van der Waals surface area contributed by atoms with Gasteiger partial charge in [0.15, 0.2) is 0 Å². The zero-order valence-corrected chi connectivity index (χ0v) is 11.6. The molecular weight excluding hydrogens is 242 g/mol. The molecule has 0 aliphatic carbocycles. The highest BCUT2D eigenvalue weighted by atomic mass is 16.2. The van der Waals surface area contributed by atoms with Crippen molar-refractivity contribution < 1.29 is 9.59 Å². The Balaban J connectivity index is 2.50. The quantitative estimate of drug-likeness (QED) is 0.747. The summed E-state index contributed by atoms with van der Waals surface area (Å²) in [6.07, 6.45) is 0. The fourth-order valence-electron chi connectivity index (χ4n) is 1.52. The molecule has 0 aliphatic rings. The van der Waals surface area contributed by atoms with Crippen LogP contribution in [-0.2, 0) is 16.1 Å². The standard InChI is InChI=1S/C14H21N3O2/c1-9(2)13(15)14(19)16-8-11-4-6-12(7-5-11)17-10(3)18/h4-7,9,13H,8,15H2,1-3H3,(H,16,19)(H,17,18). The van der Waals surface area contributed by atoms with E-state index in [0.717, 1.165) is 11.3 Å². The minimum absolute atomic E-state index is 0.107. The van der Waals surface area contributed by atoms with Crippen molar-refractivity contribution in [3.8, 4) is 0 Å². The molecule has 1 aromatic rings. The molecule has 0 heterocycles. The molecular formula is C14H21N3O2. The van der Waals surface area contributed by atoms with Crippen LogP contribution in [0, 0.1) is 5.92 Å². The maximum Gasteiger partial charge on any atom is 0.237 e. The number of rotatable bonds is 5. The summed E-state index contributed by atoms with van der Waals surface area (Å²) in [5, 5.41) is 5.47. The molecule has 0 radical (unpaired) electrons. The Morgan fingerprint density at radius 3 is 2.26 bits per heavy atom. The summed E-state index contributed by atoms with van der Waals surface area (Å²) >= 11 is 0. The molecule has 1 aromatic carbocycles. The van der Waals surface area contributed by atoms with Crippen LogP contribution >= 0.6 is 0 Å². The van der Waals surface area contributed by atoms with Crippen molar-refractivity contribution in [3.63, 3.8) is 0 Å². The molecule has 0 aromatic heterocycles. The fraction of sp³-hybridized carbons (Fsp3) is 0.429. The van der Waals surface area contributed by atoms with Crippen LogP contribution in [0.15, 0.2) is 24.3 Å². The van der Waals surface area contributed by atoms with Crippen molar-refractivity contribution >= 4 is 17.5 Å². The SMILES string of the molecule is CC(=O)Nc1ccc(CNC(=O)C(N)C(C)C)cc1. The molecule has 5 heteroatoms. The Morgan fingerprint density at radius 1 is 1.21 bits per heavy atom. The minimum atomic E-state index is -0.487. The third kappa shape index (κ3) is 5.09. The summed E-state index contributed by atoms with van der Waals surface area (Å²) in [5.41, 5.74) is 7.44. The molecule has 1 atom stereocenters. The first kappa shape index (κ1) is 15.2. The van der Waals surface area contributed by atoms with Crippen LogP contribution in [-0.4, -0.2) is 17.9 Å². The second kappa shape index (κ2) is 6.89. The number of nitrogens with two attached hydrogens (primary N) is 1. The van der Waals surface area contributed by atoms with Gasteiger partial charge < -0.3 is 16.4 Å². The van der Waals surface area contributed by atoms with Crippen molar-refractivity contribution in [2.75, 3.05) is 5.32 Å². The van der Waals surface area contributed by atoms with Crippen LogP contribution in [0.25, 0.3) is 0 Å². The molecule has 0 aliphatic heterocycles. The Hall–Kier alpha value is -1.88. The van der Waals surface area contributed by atoms with Crippen LogP contribution < -0.4 is 16.4 Å². The van der Waals surface area contributed by atoms with Crippen molar-refractivity contribution in [1.82, 2.24) is 5.32 Å². The zero-order chi connectivity index (χ0) is 14.4. The average Bonchev–Trinajstić information content (AvgIpc) is 2.35. The lowest BCUT2D eigenvalue weighted by atomic mass is 10.0.